The number of hydrogen-bond donors (Lipinski definition) is 0. The molecule has 0 unspecified atom stereocenters. The zero-order valence-electron chi connectivity index (χ0n) is 13.7. The van der Waals surface area contributed by atoms with E-state index in [-0.39, 0.29) is 0 Å². The lowest BCUT2D eigenvalue weighted by Crippen LogP contribution is -1.85. The van der Waals surface area contributed by atoms with Gasteiger partial charge in [0.1, 0.15) is 0 Å². The normalized spacial score (nSPS) is 10.6. The summed E-state index contributed by atoms with van der Waals surface area (Å²) in [6.07, 6.45) is 3.79. The van der Waals surface area contributed by atoms with Crippen molar-refractivity contribution in [2.45, 2.75) is 20.2 Å². The third kappa shape index (κ3) is 4.84. The predicted octanol–water partition coefficient (Wildman–Crippen LogP) is 6.41. The smallest absolute Gasteiger partial charge is 0.131 e. The van der Waals surface area contributed by atoms with Crippen molar-refractivity contribution in [2.24, 2.45) is 0 Å². The van der Waals surface area contributed by atoms with Gasteiger partial charge in [-0.1, -0.05) is 109 Å². The molecule has 2 aromatic carbocycles. The maximum atomic E-state index is 4.31. The highest BCUT2D eigenvalue weighted by Crippen LogP contribution is 2.33. The Labute approximate surface area is 161 Å². The Hall–Kier alpha value is -1.82. The second-order valence-electron chi connectivity index (χ2n) is 5.22. The van der Waals surface area contributed by atoms with Gasteiger partial charge in [-0.05, 0) is 22.3 Å². The highest BCUT2D eigenvalue weighted by atomic mass is 32.2. The Kier molecular flexibility index (Phi) is 6.50. The average Bonchev–Trinajstić information content (AvgIpc) is 3.13. The van der Waals surface area contributed by atoms with Crippen LogP contribution >= 0.6 is 34.9 Å². The van der Waals surface area contributed by atoms with Gasteiger partial charge < -0.3 is 0 Å². The molecule has 0 amide bonds. The van der Waals surface area contributed by atoms with Gasteiger partial charge in [0, 0.05) is 11.5 Å². The van der Waals surface area contributed by atoms with E-state index in [0.717, 1.165) is 20.2 Å². The van der Waals surface area contributed by atoms with Crippen LogP contribution in [0.25, 0.3) is 12.2 Å². The van der Waals surface area contributed by atoms with Gasteiger partial charge in [-0.15, -0.1) is 10.2 Å². The fourth-order valence-corrected chi connectivity index (χ4v) is 5.37. The molecule has 0 atom stereocenters. The molecular weight excluding hydrogens is 364 g/mol. The van der Waals surface area contributed by atoms with Crippen molar-refractivity contribution in [3.8, 4) is 0 Å². The van der Waals surface area contributed by atoms with Crippen molar-refractivity contribution in [3.05, 3.63) is 83.9 Å². The van der Waals surface area contributed by atoms with E-state index >= 15 is 0 Å². The Morgan fingerprint density at radius 1 is 0.760 bits per heavy atom. The topological polar surface area (TPSA) is 25.8 Å². The van der Waals surface area contributed by atoms with Crippen LogP contribution in [0.2, 0.25) is 0 Å². The maximum Gasteiger partial charge on any atom is 0.175 e. The highest BCUT2D eigenvalue weighted by Gasteiger charge is 2.08. The fraction of sp³-hybridized carbons (Fsp3) is 0.100. The first-order valence-electron chi connectivity index (χ1n) is 7.80. The summed E-state index contributed by atoms with van der Waals surface area (Å²) in [5.74, 6) is 1.75. The molecule has 3 rings (SSSR count). The summed E-state index contributed by atoms with van der Waals surface area (Å²) in [7, 11) is 0. The van der Waals surface area contributed by atoms with Crippen molar-refractivity contribution >= 4 is 47.0 Å². The van der Waals surface area contributed by atoms with Crippen LogP contribution in [0.5, 0.6) is 0 Å². The van der Waals surface area contributed by atoms with E-state index in [2.05, 4.69) is 59.8 Å². The SMILES string of the molecule is C=Cc1ccccc1CSc1nnc(SCc2ccccc2C=C)s1. The molecule has 25 heavy (non-hydrogen) atoms. The van der Waals surface area contributed by atoms with E-state index in [1.54, 1.807) is 34.9 Å². The molecule has 0 saturated carbocycles. The van der Waals surface area contributed by atoms with Crippen molar-refractivity contribution in [3.63, 3.8) is 0 Å². The van der Waals surface area contributed by atoms with E-state index in [4.69, 9.17) is 0 Å². The molecule has 0 spiro atoms. The molecule has 3 aromatic rings. The first-order valence-corrected chi connectivity index (χ1v) is 10.6. The number of aromatic nitrogens is 2. The van der Waals surface area contributed by atoms with Crippen LogP contribution in [0.4, 0.5) is 0 Å². The lowest BCUT2D eigenvalue weighted by Gasteiger charge is -2.03. The Morgan fingerprint density at radius 2 is 1.20 bits per heavy atom. The van der Waals surface area contributed by atoms with Gasteiger partial charge in [0.05, 0.1) is 0 Å². The minimum atomic E-state index is 0.876. The number of benzene rings is 2. The zero-order valence-corrected chi connectivity index (χ0v) is 16.2. The Balaban J connectivity index is 1.59. The van der Waals surface area contributed by atoms with Gasteiger partial charge in [0.25, 0.3) is 0 Å². The van der Waals surface area contributed by atoms with E-state index < -0.39 is 0 Å². The van der Waals surface area contributed by atoms with Crippen molar-refractivity contribution in [1.82, 2.24) is 10.2 Å². The molecule has 1 heterocycles. The monoisotopic (exact) mass is 382 g/mol. The number of rotatable bonds is 8. The number of thioether (sulfide) groups is 2. The maximum absolute atomic E-state index is 4.31. The summed E-state index contributed by atoms with van der Waals surface area (Å²) in [5.41, 5.74) is 4.89. The second-order valence-corrected chi connectivity index (χ2v) is 8.64. The first-order chi connectivity index (χ1) is 12.3. The molecule has 5 heteroatoms. The molecule has 0 N–H and O–H groups in total. The van der Waals surface area contributed by atoms with E-state index in [9.17, 15) is 0 Å². The first kappa shape index (κ1) is 18.0. The van der Waals surface area contributed by atoms with Crippen LogP contribution in [-0.2, 0) is 11.5 Å². The van der Waals surface area contributed by atoms with Crippen molar-refractivity contribution in [2.75, 3.05) is 0 Å². The summed E-state index contributed by atoms with van der Waals surface area (Å²) in [6.45, 7) is 7.75. The van der Waals surface area contributed by atoms with Gasteiger partial charge >= 0.3 is 0 Å². The summed E-state index contributed by atoms with van der Waals surface area (Å²) >= 11 is 5.09. The molecule has 1 aromatic heterocycles. The van der Waals surface area contributed by atoms with Crippen LogP contribution in [0.3, 0.4) is 0 Å². The van der Waals surface area contributed by atoms with Crippen LogP contribution in [0, 0.1) is 0 Å². The van der Waals surface area contributed by atoms with Gasteiger partial charge in [-0.2, -0.15) is 0 Å². The largest absolute Gasteiger partial charge is 0.175 e. The van der Waals surface area contributed by atoms with E-state index in [0.29, 0.717) is 0 Å². The molecule has 0 fully saturated rings. The molecular formula is C20H18N2S3. The van der Waals surface area contributed by atoms with Gasteiger partial charge in [0.15, 0.2) is 8.68 Å². The Morgan fingerprint density at radius 3 is 1.64 bits per heavy atom. The van der Waals surface area contributed by atoms with E-state index in [1.807, 2.05) is 24.3 Å². The third-order valence-corrected chi connectivity index (χ3v) is 6.93. The minimum absolute atomic E-state index is 0.876. The molecule has 2 nitrogen and oxygen atoms in total. The standard InChI is InChI=1S/C20H18N2S3/c1-3-15-9-5-7-11-17(15)13-23-19-21-22-20(25-19)24-14-18-12-8-6-10-16(18)4-2/h3-12H,1-2,13-14H2. The fourth-order valence-electron chi connectivity index (χ4n) is 2.32. The molecule has 0 saturated heterocycles. The van der Waals surface area contributed by atoms with Crippen molar-refractivity contribution < 1.29 is 0 Å². The van der Waals surface area contributed by atoms with Gasteiger partial charge in [-0.25, -0.2) is 0 Å². The van der Waals surface area contributed by atoms with Crippen LogP contribution in [0.15, 0.2) is 70.4 Å². The minimum Gasteiger partial charge on any atom is -0.131 e. The quantitative estimate of drug-likeness (QED) is 0.420. The molecule has 0 aliphatic carbocycles. The highest BCUT2D eigenvalue weighted by molar-refractivity contribution is 8.02. The summed E-state index contributed by atoms with van der Waals surface area (Å²) in [5, 5.41) is 8.61. The lowest BCUT2D eigenvalue weighted by molar-refractivity contribution is 0.954. The van der Waals surface area contributed by atoms with E-state index in [1.165, 1.54) is 22.3 Å². The van der Waals surface area contributed by atoms with Gasteiger partial charge in [0.2, 0.25) is 0 Å². The molecule has 0 bridgehead atoms. The summed E-state index contributed by atoms with van der Waals surface area (Å²) in [6, 6.07) is 16.6. The molecule has 0 aliphatic rings. The molecule has 0 radical (unpaired) electrons. The number of nitrogens with zero attached hydrogens (tertiary/aromatic N) is 2. The zero-order chi connectivity index (χ0) is 17.5. The average molecular weight is 383 g/mol. The lowest BCUT2D eigenvalue weighted by atomic mass is 10.1. The summed E-state index contributed by atoms with van der Waals surface area (Å²) < 4.78 is 2.00. The molecule has 0 aliphatic heterocycles. The van der Waals surface area contributed by atoms with Crippen LogP contribution in [-0.4, -0.2) is 10.2 Å². The van der Waals surface area contributed by atoms with Crippen LogP contribution < -0.4 is 0 Å². The summed E-state index contributed by atoms with van der Waals surface area (Å²) in [4.78, 5) is 0. The molecule has 126 valence electrons. The van der Waals surface area contributed by atoms with Gasteiger partial charge in [-0.3, -0.25) is 0 Å². The van der Waals surface area contributed by atoms with Crippen LogP contribution in [0.1, 0.15) is 22.3 Å². The van der Waals surface area contributed by atoms with Crippen molar-refractivity contribution in [1.29, 1.82) is 0 Å². The second kappa shape index (κ2) is 9.04. The Bertz CT molecular complexity index is 801. The predicted molar refractivity (Wildman–Crippen MR) is 112 cm³/mol. The third-order valence-electron chi connectivity index (χ3n) is 3.64. The number of hydrogen-bond acceptors (Lipinski definition) is 5.